The van der Waals surface area contributed by atoms with E-state index in [1.165, 1.54) is 23.1 Å². The van der Waals surface area contributed by atoms with Crippen molar-refractivity contribution in [1.29, 1.82) is 0 Å². The van der Waals surface area contributed by atoms with Gasteiger partial charge in [-0.1, -0.05) is 23.4 Å². The van der Waals surface area contributed by atoms with Crippen molar-refractivity contribution in [3.63, 3.8) is 0 Å². The van der Waals surface area contributed by atoms with Gasteiger partial charge in [-0.25, -0.2) is 9.37 Å². The molecule has 4 heterocycles. The number of aromatic nitrogens is 3. The number of pyridine rings is 1. The molecule has 1 aliphatic rings. The first-order valence-corrected chi connectivity index (χ1v) is 11.5. The third-order valence-electron chi connectivity index (χ3n) is 6.83. The number of nitrogens with one attached hydrogen (secondary N) is 1. The number of rotatable bonds is 3. The second-order valence-corrected chi connectivity index (χ2v) is 8.87. The van der Waals surface area contributed by atoms with Crippen molar-refractivity contribution in [3.05, 3.63) is 83.4 Å². The second kappa shape index (κ2) is 8.09. The largest absolute Gasteiger partial charge is 0.361 e. The fourth-order valence-electron chi connectivity index (χ4n) is 5.03. The molecular formula is C27H23FN4O2. The fourth-order valence-corrected chi connectivity index (χ4v) is 5.03. The third kappa shape index (κ3) is 3.44. The van der Waals surface area contributed by atoms with Gasteiger partial charge < -0.3 is 14.4 Å². The number of piperidine rings is 1. The topological polar surface area (TPSA) is 75.0 Å². The predicted octanol–water partition coefficient (Wildman–Crippen LogP) is 5.84. The van der Waals surface area contributed by atoms with E-state index in [9.17, 15) is 9.18 Å². The van der Waals surface area contributed by atoms with Gasteiger partial charge in [0, 0.05) is 35.8 Å². The number of likely N-dealkylation sites (tertiary alicyclic amines) is 1. The predicted molar refractivity (Wildman–Crippen MR) is 128 cm³/mol. The summed E-state index contributed by atoms with van der Waals surface area (Å²) in [6.45, 7) is 3.15. The molecule has 0 spiro atoms. The zero-order valence-electron chi connectivity index (χ0n) is 18.7. The number of carbonyl (C=O) groups is 1. The van der Waals surface area contributed by atoms with Gasteiger partial charge in [-0.3, -0.25) is 4.79 Å². The quantitative estimate of drug-likeness (QED) is 0.372. The van der Waals surface area contributed by atoms with Crippen molar-refractivity contribution in [2.24, 2.45) is 0 Å². The molecule has 0 bridgehead atoms. The Morgan fingerprint density at radius 3 is 2.68 bits per heavy atom. The van der Waals surface area contributed by atoms with Crippen LogP contribution >= 0.6 is 0 Å². The van der Waals surface area contributed by atoms with Crippen LogP contribution in [0.2, 0.25) is 0 Å². The zero-order chi connectivity index (χ0) is 23.2. The highest BCUT2D eigenvalue weighted by molar-refractivity contribution is 6.07. The molecule has 1 aliphatic heterocycles. The van der Waals surface area contributed by atoms with Gasteiger partial charge in [-0.2, -0.15) is 0 Å². The van der Waals surface area contributed by atoms with Crippen LogP contribution < -0.4 is 0 Å². The minimum absolute atomic E-state index is 0.0561. The lowest BCUT2D eigenvalue weighted by atomic mass is 9.89. The van der Waals surface area contributed by atoms with Crippen LogP contribution in [-0.2, 0) is 0 Å². The number of aryl methyl sites for hydroxylation is 1. The summed E-state index contributed by atoms with van der Waals surface area (Å²) in [4.78, 5) is 23.5. The summed E-state index contributed by atoms with van der Waals surface area (Å²) < 4.78 is 18.8. The number of aromatic amines is 1. The molecule has 2 aromatic carbocycles. The molecule has 170 valence electrons. The van der Waals surface area contributed by atoms with Crippen LogP contribution in [-0.4, -0.2) is 39.0 Å². The molecule has 0 saturated carbocycles. The van der Waals surface area contributed by atoms with Gasteiger partial charge in [0.1, 0.15) is 5.82 Å². The first kappa shape index (κ1) is 20.6. The molecule has 3 aromatic heterocycles. The molecule has 7 heteroatoms. The Bertz CT molecular complexity index is 1510. The van der Waals surface area contributed by atoms with Crippen molar-refractivity contribution in [3.8, 4) is 11.3 Å². The Hall–Kier alpha value is -4.00. The molecule has 1 amide bonds. The fraction of sp³-hybridized carbons (Fsp3) is 0.222. The summed E-state index contributed by atoms with van der Waals surface area (Å²) in [5.74, 6) is 0.0268. The number of carbonyl (C=O) groups excluding carboxylic acids is 1. The van der Waals surface area contributed by atoms with E-state index in [2.05, 4.69) is 39.5 Å². The Labute approximate surface area is 195 Å². The molecule has 1 fully saturated rings. The molecule has 1 saturated heterocycles. The number of benzene rings is 2. The van der Waals surface area contributed by atoms with Gasteiger partial charge in [0.2, 0.25) is 0 Å². The molecule has 6 rings (SSSR count). The number of halogens is 1. The lowest BCUT2D eigenvalue weighted by Crippen LogP contribution is -2.38. The van der Waals surface area contributed by atoms with Gasteiger partial charge in [0.05, 0.1) is 22.3 Å². The van der Waals surface area contributed by atoms with Gasteiger partial charge in [0.25, 0.3) is 11.6 Å². The molecule has 5 aromatic rings. The van der Waals surface area contributed by atoms with Crippen molar-refractivity contribution in [2.75, 3.05) is 13.1 Å². The average molecular weight is 455 g/mol. The van der Waals surface area contributed by atoms with E-state index in [1.807, 2.05) is 17.9 Å². The standard InChI is InChI=1S/C27H23FN4O2/c1-16-25-21(14-24(30-26(25)34-31-16)18-6-8-19(28)9-7-18)27(33)32-12-10-17(11-13-32)22-15-29-23-5-3-2-4-20(22)23/h2-9,14-15,17,29H,10-13H2,1H3. The minimum Gasteiger partial charge on any atom is -0.361 e. The maximum absolute atomic E-state index is 13.7. The molecule has 0 aliphatic carbocycles. The van der Waals surface area contributed by atoms with E-state index in [0.717, 1.165) is 18.4 Å². The zero-order valence-corrected chi connectivity index (χ0v) is 18.7. The number of H-pyrrole nitrogens is 1. The number of hydrogen-bond acceptors (Lipinski definition) is 4. The Morgan fingerprint density at radius 1 is 1.12 bits per heavy atom. The molecular weight excluding hydrogens is 431 g/mol. The van der Waals surface area contributed by atoms with Gasteiger partial charge in [-0.05, 0) is 67.6 Å². The number of nitrogens with zero attached hydrogens (tertiary/aromatic N) is 3. The minimum atomic E-state index is -0.324. The molecule has 0 unspecified atom stereocenters. The van der Waals surface area contributed by atoms with Gasteiger partial charge >= 0.3 is 0 Å². The molecule has 0 atom stereocenters. The van der Waals surface area contributed by atoms with Crippen molar-refractivity contribution in [2.45, 2.75) is 25.7 Å². The van der Waals surface area contributed by atoms with Gasteiger partial charge in [-0.15, -0.1) is 0 Å². The van der Waals surface area contributed by atoms with Crippen LogP contribution in [0.3, 0.4) is 0 Å². The monoisotopic (exact) mass is 454 g/mol. The van der Waals surface area contributed by atoms with Crippen molar-refractivity contribution >= 4 is 27.9 Å². The lowest BCUT2D eigenvalue weighted by Gasteiger charge is -2.32. The number of para-hydroxylation sites is 1. The summed E-state index contributed by atoms with van der Waals surface area (Å²) in [5, 5.41) is 5.93. The smallest absolute Gasteiger partial charge is 0.259 e. The first-order valence-electron chi connectivity index (χ1n) is 11.5. The summed E-state index contributed by atoms with van der Waals surface area (Å²) in [5.41, 5.74) is 5.20. The van der Waals surface area contributed by atoms with Crippen molar-refractivity contribution < 1.29 is 13.7 Å². The van der Waals surface area contributed by atoms with E-state index in [0.29, 0.717) is 52.6 Å². The highest BCUT2D eigenvalue weighted by Crippen LogP contribution is 2.34. The van der Waals surface area contributed by atoms with Crippen LogP contribution in [0.4, 0.5) is 4.39 Å². The summed E-state index contributed by atoms with van der Waals surface area (Å²) in [6.07, 6.45) is 3.90. The normalized spacial score (nSPS) is 14.8. The van der Waals surface area contributed by atoms with Gasteiger partial charge in [0.15, 0.2) is 0 Å². The summed E-state index contributed by atoms with van der Waals surface area (Å²) in [7, 11) is 0. The maximum Gasteiger partial charge on any atom is 0.259 e. The molecule has 0 radical (unpaired) electrons. The molecule has 6 nitrogen and oxygen atoms in total. The second-order valence-electron chi connectivity index (χ2n) is 8.87. The Kier molecular flexibility index (Phi) is 4.90. The SMILES string of the molecule is Cc1noc2nc(-c3ccc(F)cc3)cc(C(=O)N3CCC(c4c[nH]c5ccccc45)CC3)c12. The van der Waals surface area contributed by atoms with Crippen LogP contribution in [0, 0.1) is 12.7 Å². The third-order valence-corrected chi connectivity index (χ3v) is 6.83. The first-order chi connectivity index (χ1) is 16.6. The lowest BCUT2D eigenvalue weighted by molar-refractivity contribution is 0.0715. The Morgan fingerprint density at radius 2 is 1.88 bits per heavy atom. The Balaban J connectivity index is 1.29. The van der Waals surface area contributed by atoms with E-state index >= 15 is 0 Å². The van der Waals surface area contributed by atoms with Crippen LogP contribution in [0.5, 0.6) is 0 Å². The highest BCUT2D eigenvalue weighted by atomic mass is 19.1. The number of fused-ring (bicyclic) bond motifs is 2. The van der Waals surface area contributed by atoms with Crippen LogP contribution in [0.1, 0.15) is 40.4 Å². The van der Waals surface area contributed by atoms with E-state index in [4.69, 9.17) is 4.52 Å². The number of amides is 1. The maximum atomic E-state index is 13.7. The molecule has 34 heavy (non-hydrogen) atoms. The summed E-state index contributed by atoms with van der Waals surface area (Å²) >= 11 is 0. The van der Waals surface area contributed by atoms with Crippen molar-refractivity contribution in [1.82, 2.24) is 20.0 Å². The van der Waals surface area contributed by atoms with E-state index in [1.54, 1.807) is 18.2 Å². The summed E-state index contributed by atoms with van der Waals surface area (Å²) in [6, 6.07) is 16.2. The molecule has 1 N–H and O–H groups in total. The average Bonchev–Trinajstić information content (AvgIpc) is 3.47. The van der Waals surface area contributed by atoms with E-state index in [-0.39, 0.29) is 11.7 Å². The highest BCUT2D eigenvalue weighted by Gasteiger charge is 2.28. The number of hydrogen-bond donors (Lipinski definition) is 1. The van der Waals surface area contributed by atoms with Crippen LogP contribution in [0.15, 0.2) is 65.3 Å². The van der Waals surface area contributed by atoms with E-state index < -0.39 is 0 Å². The van der Waals surface area contributed by atoms with Crippen LogP contribution in [0.25, 0.3) is 33.3 Å².